The van der Waals surface area contributed by atoms with E-state index in [2.05, 4.69) is 23.0 Å². The van der Waals surface area contributed by atoms with E-state index in [1.165, 1.54) is 26.8 Å². The Balaban J connectivity index is 0.997. The number of hydrogen-bond acceptors (Lipinski definition) is 2. The van der Waals surface area contributed by atoms with Gasteiger partial charge < -0.3 is 4.74 Å². The second-order valence-electron chi connectivity index (χ2n) is 25.7. The van der Waals surface area contributed by atoms with E-state index >= 15 is 0 Å². The minimum absolute atomic E-state index is 0.00500. The average molecular weight is 1140 g/mol. The molecular formula is C79H78N4O. The van der Waals surface area contributed by atoms with Crippen LogP contribution < -0.4 is 9.30 Å². The summed E-state index contributed by atoms with van der Waals surface area (Å²) >= 11 is 0. The van der Waals surface area contributed by atoms with Crippen LogP contribution in [0.25, 0.3) is 72.3 Å². The molecule has 5 nitrogen and oxygen atoms in total. The zero-order chi connectivity index (χ0) is 89.1. The van der Waals surface area contributed by atoms with Crippen molar-refractivity contribution >= 4 is 32.8 Å². The van der Waals surface area contributed by atoms with Crippen LogP contribution in [-0.2, 0) is 37.9 Å². The second kappa shape index (κ2) is 16.6. The van der Waals surface area contributed by atoms with E-state index < -0.39 is 199 Å². The number of benzene rings is 7. The number of rotatable bonds is 10. The van der Waals surface area contributed by atoms with Crippen molar-refractivity contribution in [2.75, 3.05) is 0 Å². The molecule has 5 heteroatoms. The molecule has 0 unspecified atom stereocenters. The van der Waals surface area contributed by atoms with E-state index in [4.69, 9.17) is 26.2 Å². The van der Waals surface area contributed by atoms with Gasteiger partial charge in [0.25, 0.3) is 6.33 Å². The third kappa shape index (κ3) is 6.96. The maximum Gasteiger partial charge on any atom is 0.269 e. The first-order valence-electron chi connectivity index (χ1n) is 47.7. The SMILES string of the molecule is [2H]c1c([2H])c2c(c([2H])c1-c1cc(C34CC(C3)C4)cc(-c3c([2H])c([2H])c4c(c3[2H])C(C([2H])([2H])[2H])(C([2H])([2H])[2H])C([2H])([2H])C([2H])([2H])C4(C([2H])([2H])[2H])C([2H])([2H])[2H])c1-[n+]1[c-]n(-c3cccc(Oc4ccc5c6ccccc6n(-c6cc(C78CC(C7)C8)ccn6)c5c4)c3)c3cccc(C45CC(C4)C5)c31)C(C([2H])([2H])[2H])(C([2H])([2H])[2H])C([2H])([2H])C([2H])([2H])C2(C([2H])([2H])[2H])C([2H])([2H])[2H]. The lowest BCUT2D eigenvalue weighted by atomic mass is 9.42. The van der Waals surface area contributed by atoms with E-state index in [9.17, 15) is 35.6 Å². The van der Waals surface area contributed by atoms with Crippen LogP contribution in [0.15, 0.2) is 152 Å². The van der Waals surface area contributed by atoms with Gasteiger partial charge in [-0.2, -0.15) is 0 Å². The molecule has 84 heavy (non-hydrogen) atoms. The molecule has 0 amide bonds. The third-order valence-corrected chi connectivity index (χ3v) is 20.4. The fourth-order valence-electron chi connectivity index (χ4n) is 15.8. The highest BCUT2D eigenvalue weighted by Crippen LogP contribution is 2.68. The molecule has 6 bridgehead atoms. The van der Waals surface area contributed by atoms with Crippen molar-refractivity contribution in [1.29, 1.82) is 0 Å². The lowest BCUT2D eigenvalue weighted by Gasteiger charge is -2.62. The van der Waals surface area contributed by atoms with Crippen molar-refractivity contribution in [3.63, 3.8) is 0 Å². The van der Waals surface area contributed by atoms with Gasteiger partial charge in [-0.3, -0.25) is 13.7 Å². The van der Waals surface area contributed by atoms with E-state index in [-0.39, 0.29) is 64.5 Å². The van der Waals surface area contributed by atoms with Crippen LogP contribution in [0, 0.1) is 24.1 Å². The summed E-state index contributed by atoms with van der Waals surface area (Å²) in [7, 11) is 0. The van der Waals surface area contributed by atoms with E-state index in [1.807, 2.05) is 42.6 Å². The fourth-order valence-corrected chi connectivity index (χ4v) is 15.8. The van der Waals surface area contributed by atoms with Gasteiger partial charge in [0.15, 0.2) is 0 Å². The van der Waals surface area contributed by atoms with Crippen molar-refractivity contribution in [1.82, 2.24) is 14.1 Å². The molecule has 21 rings (SSSR count). The number of ether oxygens (including phenoxy) is 1. The van der Waals surface area contributed by atoms with Crippen molar-refractivity contribution in [3.8, 4) is 50.9 Å². The minimum atomic E-state index is -4.85. The van der Waals surface area contributed by atoms with E-state index in [0.29, 0.717) is 42.3 Å². The molecule has 0 radical (unpaired) electrons. The highest BCUT2D eigenvalue weighted by Gasteiger charge is 2.59. The van der Waals surface area contributed by atoms with Crippen LogP contribution in [0.5, 0.6) is 11.5 Å². The summed E-state index contributed by atoms with van der Waals surface area (Å²) in [5.41, 5.74) is -28.9. The number of aromatic nitrogens is 4. The molecule has 0 N–H and O–H groups in total. The second-order valence-corrected chi connectivity index (χ2v) is 25.7. The van der Waals surface area contributed by atoms with E-state index in [0.717, 1.165) is 41.1 Å². The minimum Gasteiger partial charge on any atom is -0.458 e. The molecule has 11 aliphatic carbocycles. The molecule has 11 aliphatic rings. The average Bonchev–Trinajstić information content (AvgIpc) is 0.698. The van der Waals surface area contributed by atoms with Gasteiger partial charge in [0.2, 0.25) is 0 Å². The lowest BCUT2D eigenvalue weighted by molar-refractivity contribution is -0.571. The zero-order valence-electron chi connectivity index (χ0n) is 83.3. The van der Waals surface area contributed by atoms with E-state index in [1.54, 1.807) is 48.5 Å². The van der Waals surface area contributed by atoms with Gasteiger partial charge in [-0.15, -0.1) is 0 Å². The smallest absolute Gasteiger partial charge is 0.269 e. The number of hydrogen-bond donors (Lipinski definition) is 0. The maximum atomic E-state index is 10.9. The van der Waals surface area contributed by atoms with Crippen molar-refractivity contribution in [2.24, 2.45) is 17.8 Å². The highest BCUT2D eigenvalue weighted by molar-refractivity contribution is 6.09. The summed E-state index contributed by atoms with van der Waals surface area (Å²) in [5, 5.41) is 1.80. The van der Waals surface area contributed by atoms with Crippen LogP contribution in [0.1, 0.15) is 229 Å². The molecule has 3 aromatic heterocycles. The van der Waals surface area contributed by atoms with Crippen molar-refractivity contribution in [3.05, 3.63) is 197 Å². The topological polar surface area (TPSA) is 35.9 Å². The zero-order valence-corrected chi connectivity index (χ0v) is 45.3. The molecular weight excluding hydrogens is 1020 g/mol. The third-order valence-electron chi connectivity index (χ3n) is 20.4. The van der Waals surface area contributed by atoms with Crippen LogP contribution in [-0.4, -0.2) is 14.1 Å². The summed E-state index contributed by atoms with van der Waals surface area (Å²) in [5.74, 6) is 1.99. The normalized spacial score (nSPS) is 37.5. The number of para-hydroxylation sites is 2. The predicted octanol–water partition coefficient (Wildman–Crippen LogP) is 19.2. The van der Waals surface area contributed by atoms with Crippen LogP contribution in [0.2, 0.25) is 0 Å². The molecule has 9 saturated carbocycles. The van der Waals surface area contributed by atoms with Crippen molar-refractivity contribution < 1.29 is 61.4 Å². The van der Waals surface area contributed by atoms with Crippen LogP contribution >= 0.6 is 0 Å². The first kappa shape index (κ1) is 25.4. The molecule has 420 valence electrons. The van der Waals surface area contributed by atoms with Gasteiger partial charge in [-0.05, 0) is 249 Å². The van der Waals surface area contributed by atoms with Gasteiger partial charge in [-0.25, -0.2) is 4.98 Å². The Bertz CT molecular complexity index is 5920. The van der Waals surface area contributed by atoms with Gasteiger partial charge in [-0.1, -0.05) is 146 Å². The van der Waals surface area contributed by atoms with Gasteiger partial charge in [0.05, 0.1) is 41.7 Å². The number of nitrogens with zero attached hydrogens (tertiary/aromatic N) is 4. The van der Waals surface area contributed by atoms with Gasteiger partial charge >= 0.3 is 0 Å². The lowest BCUT2D eigenvalue weighted by Crippen LogP contribution is -2.56. The summed E-state index contributed by atoms with van der Waals surface area (Å²) in [4.78, 5) is 4.90. The highest BCUT2D eigenvalue weighted by atomic mass is 16.5. The van der Waals surface area contributed by atoms with Crippen molar-refractivity contribution in [2.45, 2.75) is 176 Å². The van der Waals surface area contributed by atoms with Crippen LogP contribution in [0.3, 0.4) is 0 Å². The summed E-state index contributed by atoms with van der Waals surface area (Å²) < 4.78 is 374. The Hall–Kier alpha value is -7.24. The summed E-state index contributed by atoms with van der Waals surface area (Å²) in [6.45, 7) is -36.4. The molecule has 0 saturated heterocycles. The number of pyridine rings is 1. The standard InChI is InChI=1S/C79H78N4O/c1-73(2)26-28-75(5,6)65-31-51(19-23-62(65)73)60-33-54(78-41-49(42-78)43-78)34-61(52-20-24-63-66(32-52)76(7,8)29-27-74(63,3)4)71(60)82-47-81(68-18-12-16-64(72(68)82)79-44-50(45-79)46-79)55-13-11-14-56(36-55)84-57-21-22-59-58-15-9-10-17-67(58)83(69(59)37-57)70-35-53(25-30-80-70)77-38-48(39-77)40-77/h9-25,30-37,48-50H,26-29,38-46H2,1-8H3/i1D3,2D3,3D3,4D3,5D3,6D3,7D3,8D3,19D,20D,23D,24D,26D2,27D2,28D2,29D2,31D,32D. The number of fused-ring (bicyclic) bond motifs is 6. The quantitative estimate of drug-likeness (QED) is 0.101. The molecule has 0 spiro atoms. The Morgan fingerprint density at radius 2 is 1.08 bits per heavy atom. The molecule has 10 aromatic rings. The predicted molar refractivity (Wildman–Crippen MR) is 341 cm³/mol. The maximum absolute atomic E-state index is 10.9. The molecule has 3 heterocycles. The molecule has 7 aromatic carbocycles. The Kier molecular flexibility index (Phi) is 5.01. The first-order valence-corrected chi connectivity index (χ1v) is 28.7. The fraction of sp³-hybridized carbons (Fsp3) is 0.392. The van der Waals surface area contributed by atoms with Gasteiger partial charge in [0, 0.05) is 66.9 Å². The molecule has 0 atom stereocenters. The molecule has 0 aliphatic heterocycles. The summed E-state index contributed by atoms with van der Waals surface area (Å²) in [6.07, 6.45) is -8.50. The Morgan fingerprint density at radius 1 is 0.524 bits per heavy atom. The Morgan fingerprint density at radius 3 is 1.69 bits per heavy atom. The number of imidazole rings is 1. The van der Waals surface area contributed by atoms with Gasteiger partial charge in [0.1, 0.15) is 17.3 Å². The monoisotopic (exact) mass is 1140 g/mol. The molecule has 9 fully saturated rings. The summed E-state index contributed by atoms with van der Waals surface area (Å²) in [6, 6.07) is 21.6. The first-order chi connectivity index (χ1) is 56.0. The Labute approximate surface area is 549 Å². The largest absolute Gasteiger partial charge is 0.458 e. The van der Waals surface area contributed by atoms with Crippen LogP contribution in [0.4, 0.5) is 0 Å².